The van der Waals surface area contributed by atoms with E-state index in [9.17, 15) is 0 Å². The third-order valence-electron chi connectivity index (χ3n) is 4.19. The van der Waals surface area contributed by atoms with Crippen molar-refractivity contribution in [1.82, 2.24) is 0 Å². The minimum absolute atomic E-state index is 0.473. The van der Waals surface area contributed by atoms with E-state index in [1.54, 1.807) is 0 Å². The summed E-state index contributed by atoms with van der Waals surface area (Å²) in [5.41, 5.74) is 1.40. The van der Waals surface area contributed by atoms with Gasteiger partial charge in [0.25, 0.3) is 0 Å². The summed E-state index contributed by atoms with van der Waals surface area (Å²) in [5, 5.41) is 0. The summed E-state index contributed by atoms with van der Waals surface area (Å²) in [4.78, 5) is 0. The lowest BCUT2D eigenvalue weighted by Crippen LogP contribution is -2.19. The highest BCUT2D eigenvalue weighted by molar-refractivity contribution is 5.27. The predicted octanol–water partition coefficient (Wildman–Crippen LogP) is 5.00. The van der Waals surface area contributed by atoms with Crippen LogP contribution in [0.3, 0.4) is 0 Å². The Balaban J connectivity index is 1.61. The summed E-state index contributed by atoms with van der Waals surface area (Å²) < 4.78 is 11.6. The minimum Gasteiger partial charge on any atom is -0.491 e. The molecule has 2 nitrogen and oxygen atoms in total. The topological polar surface area (TPSA) is 18.5 Å². The summed E-state index contributed by atoms with van der Waals surface area (Å²) in [6, 6.07) is 8.52. The SMILES string of the molecule is CC(C)CCc1ccc(OCCOC2CCCCC2)cc1. The van der Waals surface area contributed by atoms with Crippen LogP contribution in [0.1, 0.15) is 57.9 Å². The second-order valence-electron chi connectivity index (χ2n) is 6.56. The van der Waals surface area contributed by atoms with E-state index in [1.807, 2.05) is 0 Å². The number of ether oxygens (including phenoxy) is 2. The van der Waals surface area contributed by atoms with Gasteiger partial charge in [-0.05, 0) is 49.3 Å². The van der Waals surface area contributed by atoms with Crippen molar-refractivity contribution in [2.45, 2.75) is 64.9 Å². The molecule has 2 heteroatoms. The normalized spacial score (nSPS) is 16.3. The van der Waals surface area contributed by atoms with Gasteiger partial charge in [0, 0.05) is 0 Å². The second kappa shape index (κ2) is 9.09. The summed E-state index contributed by atoms with van der Waals surface area (Å²) in [6.45, 7) is 5.90. The Morgan fingerprint density at radius 2 is 1.71 bits per heavy atom. The predicted molar refractivity (Wildman–Crippen MR) is 87.9 cm³/mol. The van der Waals surface area contributed by atoms with Crippen LogP contribution in [0, 0.1) is 5.92 Å². The van der Waals surface area contributed by atoms with Gasteiger partial charge in [0.05, 0.1) is 12.7 Å². The van der Waals surface area contributed by atoms with Crippen LogP contribution in [0.15, 0.2) is 24.3 Å². The molecular weight excluding hydrogens is 260 g/mol. The molecule has 0 aromatic heterocycles. The fourth-order valence-corrected chi connectivity index (χ4v) is 2.81. The lowest BCUT2D eigenvalue weighted by atomic mass is 9.98. The maximum atomic E-state index is 5.87. The first-order valence-electron chi connectivity index (χ1n) is 8.57. The Labute approximate surface area is 129 Å². The van der Waals surface area contributed by atoms with Gasteiger partial charge < -0.3 is 9.47 Å². The maximum Gasteiger partial charge on any atom is 0.119 e. The third kappa shape index (κ3) is 6.52. The number of hydrogen-bond donors (Lipinski definition) is 0. The van der Waals surface area contributed by atoms with E-state index in [0.717, 1.165) is 18.1 Å². The van der Waals surface area contributed by atoms with Gasteiger partial charge in [-0.25, -0.2) is 0 Å². The van der Waals surface area contributed by atoms with E-state index in [2.05, 4.69) is 38.1 Å². The van der Waals surface area contributed by atoms with Gasteiger partial charge in [0.15, 0.2) is 0 Å². The molecule has 0 radical (unpaired) electrons. The summed E-state index contributed by atoms with van der Waals surface area (Å²) >= 11 is 0. The summed E-state index contributed by atoms with van der Waals surface area (Å²) in [7, 11) is 0. The number of rotatable bonds is 8. The van der Waals surface area contributed by atoms with E-state index in [-0.39, 0.29) is 0 Å². The van der Waals surface area contributed by atoms with Gasteiger partial charge >= 0.3 is 0 Å². The zero-order chi connectivity index (χ0) is 14.9. The van der Waals surface area contributed by atoms with Crippen molar-refractivity contribution in [3.8, 4) is 5.75 Å². The van der Waals surface area contributed by atoms with Crippen molar-refractivity contribution in [1.29, 1.82) is 0 Å². The molecule has 0 aliphatic heterocycles. The quantitative estimate of drug-likeness (QED) is 0.627. The Morgan fingerprint density at radius 1 is 1.00 bits per heavy atom. The standard InChI is InChI=1S/C19H30O2/c1-16(2)8-9-17-10-12-19(13-11-17)21-15-14-20-18-6-4-3-5-7-18/h10-13,16,18H,3-9,14-15H2,1-2H3. The third-order valence-corrected chi connectivity index (χ3v) is 4.19. The van der Waals surface area contributed by atoms with Crippen LogP contribution in [0.2, 0.25) is 0 Å². The minimum atomic E-state index is 0.473. The van der Waals surface area contributed by atoms with Crippen molar-refractivity contribution in [2.75, 3.05) is 13.2 Å². The molecule has 1 aliphatic rings. The first kappa shape index (κ1) is 16.4. The number of aryl methyl sites for hydroxylation is 1. The zero-order valence-corrected chi connectivity index (χ0v) is 13.6. The summed E-state index contributed by atoms with van der Waals surface area (Å²) in [6.07, 6.45) is 9.35. The highest BCUT2D eigenvalue weighted by atomic mass is 16.5. The van der Waals surface area contributed by atoms with E-state index in [1.165, 1.54) is 44.1 Å². The Hall–Kier alpha value is -1.02. The molecule has 0 atom stereocenters. The van der Waals surface area contributed by atoms with Gasteiger partial charge in [-0.15, -0.1) is 0 Å². The molecule has 0 amide bonds. The fourth-order valence-electron chi connectivity index (χ4n) is 2.81. The van der Waals surface area contributed by atoms with Crippen molar-refractivity contribution in [2.24, 2.45) is 5.92 Å². The van der Waals surface area contributed by atoms with Gasteiger partial charge in [0.2, 0.25) is 0 Å². The molecule has 118 valence electrons. The molecule has 1 fully saturated rings. The molecule has 1 aliphatic carbocycles. The van der Waals surface area contributed by atoms with Gasteiger partial charge in [-0.1, -0.05) is 45.2 Å². The van der Waals surface area contributed by atoms with E-state index in [4.69, 9.17) is 9.47 Å². The average Bonchev–Trinajstić information content (AvgIpc) is 2.52. The monoisotopic (exact) mass is 290 g/mol. The zero-order valence-electron chi connectivity index (χ0n) is 13.6. The van der Waals surface area contributed by atoms with Crippen LogP contribution in [0.25, 0.3) is 0 Å². The number of hydrogen-bond acceptors (Lipinski definition) is 2. The van der Waals surface area contributed by atoms with Crippen molar-refractivity contribution < 1.29 is 9.47 Å². The van der Waals surface area contributed by atoms with Crippen molar-refractivity contribution >= 4 is 0 Å². The van der Waals surface area contributed by atoms with Gasteiger partial charge in [-0.2, -0.15) is 0 Å². The molecule has 0 N–H and O–H groups in total. The van der Waals surface area contributed by atoms with Crippen LogP contribution in [-0.2, 0) is 11.2 Å². The molecule has 1 saturated carbocycles. The van der Waals surface area contributed by atoms with Crippen molar-refractivity contribution in [3.63, 3.8) is 0 Å². The molecule has 0 saturated heterocycles. The Morgan fingerprint density at radius 3 is 2.38 bits per heavy atom. The van der Waals surface area contributed by atoms with Crippen LogP contribution in [0.5, 0.6) is 5.75 Å². The molecule has 2 rings (SSSR count). The first-order valence-corrected chi connectivity index (χ1v) is 8.57. The molecule has 1 aromatic carbocycles. The van der Waals surface area contributed by atoms with E-state index < -0.39 is 0 Å². The number of benzene rings is 1. The average molecular weight is 290 g/mol. The summed E-state index contributed by atoms with van der Waals surface area (Å²) in [5.74, 6) is 1.72. The lowest BCUT2D eigenvalue weighted by Gasteiger charge is -2.21. The van der Waals surface area contributed by atoms with Crippen molar-refractivity contribution in [3.05, 3.63) is 29.8 Å². The lowest BCUT2D eigenvalue weighted by molar-refractivity contribution is 0.0129. The Bertz CT molecular complexity index is 377. The first-order chi connectivity index (χ1) is 10.2. The van der Waals surface area contributed by atoms with Crippen LogP contribution in [0.4, 0.5) is 0 Å². The van der Waals surface area contributed by atoms with Crippen LogP contribution >= 0.6 is 0 Å². The molecule has 21 heavy (non-hydrogen) atoms. The highest BCUT2D eigenvalue weighted by Gasteiger charge is 2.13. The molecule has 0 heterocycles. The van der Waals surface area contributed by atoms with E-state index in [0.29, 0.717) is 19.3 Å². The molecule has 0 bridgehead atoms. The van der Waals surface area contributed by atoms with Gasteiger partial charge in [0.1, 0.15) is 12.4 Å². The maximum absolute atomic E-state index is 5.87. The molecular formula is C19H30O2. The fraction of sp³-hybridized carbons (Fsp3) is 0.684. The van der Waals surface area contributed by atoms with Crippen LogP contribution in [-0.4, -0.2) is 19.3 Å². The molecule has 0 spiro atoms. The Kier molecular flexibility index (Phi) is 7.08. The smallest absolute Gasteiger partial charge is 0.119 e. The largest absolute Gasteiger partial charge is 0.491 e. The van der Waals surface area contributed by atoms with Gasteiger partial charge in [-0.3, -0.25) is 0 Å². The highest BCUT2D eigenvalue weighted by Crippen LogP contribution is 2.20. The molecule has 1 aromatic rings. The molecule has 0 unspecified atom stereocenters. The van der Waals surface area contributed by atoms with E-state index >= 15 is 0 Å². The van der Waals surface area contributed by atoms with Crippen LogP contribution < -0.4 is 4.74 Å². The second-order valence-corrected chi connectivity index (χ2v) is 6.56.